The van der Waals surface area contributed by atoms with Gasteiger partial charge in [-0.15, -0.1) is 0 Å². The number of hydrogen-bond acceptors (Lipinski definition) is 5. The summed E-state index contributed by atoms with van der Waals surface area (Å²) >= 11 is 0. The van der Waals surface area contributed by atoms with E-state index in [-0.39, 0.29) is 22.6 Å². The average molecular weight is 513 g/mol. The van der Waals surface area contributed by atoms with Gasteiger partial charge in [0.15, 0.2) is 0 Å². The van der Waals surface area contributed by atoms with Gasteiger partial charge < -0.3 is 9.73 Å². The van der Waals surface area contributed by atoms with Crippen LogP contribution in [0, 0.1) is 5.82 Å². The maximum Gasteiger partial charge on any atom is 0.255 e. The fourth-order valence-electron chi connectivity index (χ4n) is 4.05. The van der Waals surface area contributed by atoms with Crippen molar-refractivity contribution in [1.29, 1.82) is 0 Å². The summed E-state index contributed by atoms with van der Waals surface area (Å²) in [7, 11) is -2.47. The molecule has 186 valence electrons. The number of furan rings is 1. The number of rotatable bonds is 8. The second kappa shape index (κ2) is 9.90. The zero-order valence-electron chi connectivity index (χ0n) is 19.4. The third-order valence-corrected chi connectivity index (χ3v) is 6.84. The molecular weight excluding hydrogens is 490 g/mol. The van der Waals surface area contributed by atoms with Crippen molar-refractivity contribution in [3.63, 3.8) is 0 Å². The number of aldehydes is 1. The second-order valence-electron chi connectivity index (χ2n) is 8.03. The lowest BCUT2D eigenvalue weighted by molar-refractivity contribution is 0.0964. The molecule has 0 atom stereocenters. The lowest BCUT2D eigenvalue weighted by Gasteiger charge is -2.24. The molecule has 3 aromatic carbocycles. The minimum atomic E-state index is -3.92. The van der Waals surface area contributed by atoms with Gasteiger partial charge >= 0.3 is 0 Å². The third kappa shape index (κ3) is 4.72. The predicted molar refractivity (Wildman–Crippen MR) is 134 cm³/mol. The Labute approximate surface area is 206 Å². The lowest BCUT2D eigenvalue weighted by atomic mass is 9.97. The number of nitrogens with zero attached hydrogens (tertiary/aromatic N) is 1. The number of halogens is 2. The Morgan fingerprint density at radius 1 is 1.08 bits per heavy atom. The Morgan fingerprint density at radius 3 is 2.42 bits per heavy atom. The number of hydrogen-bond donors (Lipinski definition) is 1. The lowest BCUT2D eigenvalue weighted by Crippen LogP contribution is -2.32. The normalized spacial score (nSPS) is 11.4. The van der Waals surface area contributed by atoms with Gasteiger partial charge in [-0.25, -0.2) is 17.2 Å². The summed E-state index contributed by atoms with van der Waals surface area (Å²) in [6, 6.07) is 14.8. The SMILES string of the molecule is CNC(=O)c1c(-c2ccc(F)cc2)oc2cc(N(CCF)S(C)(=O)=O)c(-c3cccc(C=O)c3)cc12. The van der Waals surface area contributed by atoms with Gasteiger partial charge in [-0.1, -0.05) is 18.2 Å². The first kappa shape index (κ1) is 25.1. The maximum absolute atomic E-state index is 13.5. The van der Waals surface area contributed by atoms with E-state index in [1.807, 2.05) is 0 Å². The van der Waals surface area contributed by atoms with Crippen molar-refractivity contribution >= 4 is 38.9 Å². The largest absolute Gasteiger partial charge is 0.455 e. The third-order valence-electron chi connectivity index (χ3n) is 5.66. The summed E-state index contributed by atoms with van der Waals surface area (Å²) in [5.74, 6) is -0.784. The molecule has 0 aliphatic rings. The molecule has 1 N–H and O–H groups in total. The number of amides is 1. The standard InChI is InChI=1S/C26H22F2N2O5S/c1-29-26(32)24-21-13-20(18-5-3-4-16(12-18)15-31)22(30(11-10-27)36(2,33)34)14-23(21)35-25(24)17-6-8-19(28)9-7-17/h3-9,12-15H,10-11H2,1-2H3,(H,29,32). The quantitative estimate of drug-likeness (QED) is 0.342. The van der Waals surface area contributed by atoms with Crippen molar-refractivity contribution in [3.8, 4) is 22.5 Å². The van der Waals surface area contributed by atoms with Gasteiger partial charge in [0, 0.05) is 35.2 Å². The van der Waals surface area contributed by atoms with E-state index in [4.69, 9.17) is 4.42 Å². The van der Waals surface area contributed by atoms with E-state index < -0.39 is 35.0 Å². The van der Waals surface area contributed by atoms with E-state index in [2.05, 4.69) is 5.32 Å². The van der Waals surface area contributed by atoms with Gasteiger partial charge in [0.25, 0.3) is 5.91 Å². The minimum Gasteiger partial charge on any atom is -0.455 e. The smallest absolute Gasteiger partial charge is 0.255 e. The highest BCUT2D eigenvalue weighted by Crippen LogP contribution is 2.41. The number of carbonyl (C=O) groups excluding carboxylic acids is 2. The number of fused-ring (bicyclic) bond motifs is 1. The summed E-state index contributed by atoms with van der Waals surface area (Å²) in [6.07, 6.45) is 1.61. The van der Waals surface area contributed by atoms with Crippen molar-refractivity contribution in [3.05, 3.63) is 77.6 Å². The molecule has 0 radical (unpaired) electrons. The zero-order valence-corrected chi connectivity index (χ0v) is 20.2. The highest BCUT2D eigenvalue weighted by atomic mass is 32.2. The van der Waals surface area contributed by atoms with Gasteiger partial charge in [0.1, 0.15) is 30.1 Å². The molecule has 0 aliphatic heterocycles. The van der Waals surface area contributed by atoms with Crippen molar-refractivity contribution in [2.24, 2.45) is 0 Å². The van der Waals surface area contributed by atoms with E-state index in [9.17, 15) is 26.8 Å². The molecular formula is C26H22F2N2O5S. The van der Waals surface area contributed by atoms with Gasteiger partial charge in [-0.05, 0) is 42.0 Å². The zero-order chi connectivity index (χ0) is 26.0. The van der Waals surface area contributed by atoms with Crippen LogP contribution >= 0.6 is 0 Å². The molecule has 36 heavy (non-hydrogen) atoms. The monoisotopic (exact) mass is 512 g/mol. The summed E-state index contributed by atoms with van der Waals surface area (Å²) < 4.78 is 59.1. The van der Waals surface area contributed by atoms with Crippen LogP contribution in [0.5, 0.6) is 0 Å². The molecule has 4 aromatic rings. The van der Waals surface area contributed by atoms with Gasteiger partial charge in [-0.2, -0.15) is 0 Å². The van der Waals surface area contributed by atoms with Crippen LogP contribution in [-0.2, 0) is 10.0 Å². The van der Waals surface area contributed by atoms with Gasteiger partial charge in [-0.3, -0.25) is 13.9 Å². The fraction of sp³-hybridized carbons (Fsp3) is 0.154. The summed E-state index contributed by atoms with van der Waals surface area (Å²) in [5.41, 5.74) is 2.06. The van der Waals surface area contributed by atoms with E-state index in [1.54, 1.807) is 30.3 Å². The number of nitrogens with one attached hydrogen (secondary N) is 1. The summed E-state index contributed by atoms with van der Waals surface area (Å²) in [5, 5.41) is 2.92. The minimum absolute atomic E-state index is 0.119. The van der Waals surface area contributed by atoms with Crippen molar-refractivity contribution in [2.45, 2.75) is 0 Å². The van der Waals surface area contributed by atoms with Crippen LogP contribution in [0.4, 0.5) is 14.5 Å². The van der Waals surface area contributed by atoms with Crippen molar-refractivity contribution in [1.82, 2.24) is 5.32 Å². The van der Waals surface area contributed by atoms with E-state index in [0.717, 1.165) is 10.6 Å². The topological polar surface area (TPSA) is 96.7 Å². The highest BCUT2D eigenvalue weighted by molar-refractivity contribution is 7.92. The van der Waals surface area contributed by atoms with Crippen molar-refractivity contribution in [2.75, 3.05) is 30.8 Å². The van der Waals surface area contributed by atoms with E-state index >= 15 is 0 Å². The van der Waals surface area contributed by atoms with Crippen LogP contribution < -0.4 is 9.62 Å². The number of alkyl halides is 1. The van der Waals surface area contributed by atoms with Crippen LogP contribution in [0.25, 0.3) is 33.4 Å². The molecule has 10 heteroatoms. The van der Waals surface area contributed by atoms with Crippen LogP contribution in [-0.4, -0.2) is 47.1 Å². The molecule has 0 saturated heterocycles. The number of anilines is 1. The Bertz CT molecular complexity index is 1560. The Hall–Kier alpha value is -4.05. The number of sulfonamides is 1. The fourth-order valence-corrected chi connectivity index (χ4v) is 4.95. The molecule has 0 bridgehead atoms. The van der Waals surface area contributed by atoms with Gasteiger partial charge in [0.05, 0.1) is 24.1 Å². The first-order valence-electron chi connectivity index (χ1n) is 10.9. The second-order valence-corrected chi connectivity index (χ2v) is 9.93. The molecule has 0 fully saturated rings. The predicted octanol–water partition coefficient (Wildman–Crippen LogP) is 4.81. The van der Waals surface area contributed by atoms with Crippen LogP contribution in [0.15, 0.2) is 65.1 Å². The van der Waals surface area contributed by atoms with E-state index in [1.165, 1.54) is 37.4 Å². The molecule has 1 aromatic heterocycles. The first-order valence-corrected chi connectivity index (χ1v) is 12.7. The Morgan fingerprint density at radius 2 is 1.81 bits per heavy atom. The van der Waals surface area contributed by atoms with Crippen LogP contribution in [0.3, 0.4) is 0 Å². The van der Waals surface area contributed by atoms with Crippen molar-refractivity contribution < 1.29 is 31.2 Å². The number of benzene rings is 3. The summed E-state index contributed by atoms with van der Waals surface area (Å²) in [6.45, 7) is -1.39. The molecule has 4 rings (SSSR count). The van der Waals surface area contributed by atoms with Crippen LogP contribution in [0.1, 0.15) is 20.7 Å². The molecule has 7 nitrogen and oxygen atoms in total. The number of carbonyl (C=O) groups is 2. The highest BCUT2D eigenvalue weighted by Gasteiger charge is 2.27. The Balaban J connectivity index is 2.10. The Kier molecular flexibility index (Phi) is 6.89. The van der Waals surface area contributed by atoms with Gasteiger partial charge in [0.2, 0.25) is 10.0 Å². The van der Waals surface area contributed by atoms with E-state index in [0.29, 0.717) is 33.9 Å². The average Bonchev–Trinajstić information content (AvgIpc) is 3.24. The van der Waals surface area contributed by atoms with Crippen LogP contribution in [0.2, 0.25) is 0 Å². The maximum atomic E-state index is 13.5. The molecule has 0 aliphatic carbocycles. The molecule has 0 unspecified atom stereocenters. The molecule has 1 amide bonds. The summed E-state index contributed by atoms with van der Waals surface area (Å²) in [4.78, 5) is 24.3. The molecule has 0 saturated carbocycles. The molecule has 0 spiro atoms. The molecule has 1 heterocycles. The first-order chi connectivity index (χ1) is 17.2.